The summed E-state index contributed by atoms with van der Waals surface area (Å²) in [7, 11) is 0. The summed E-state index contributed by atoms with van der Waals surface area (Å²) in [5.74, 6) is 5.81. The van der Waals surface area contributed by atoms with Gasteiger partial charge < -0.3 is 16.0 Å². The lowest BCUT2D eigenvalue weighted by Gasteiger charge is -2.21. The zero-order valence-electron chi connectivity index (χ0n) is 11.7. The first-order valence-corrected chi connectivity index (χ1v) is 7.15. The highest BCUT2D eigenvalue weighted by atomic mass is 16.2. The van der Waals surface area contributed by atoms with Crippen LogP contribution in [0.25, 0.3) is 0 Å². The van der Waals surface area contributed by atoms with Crippen molar-refractivity contribution in [2.45, 2.75) is 25.7 Å². The number of nitrogens with zero attached hydrogens (tertiary/aromatic N) is 1. The molecule has 2 amide bonds. The van der Waals surface area contributed by atoms with E-state index in [4.69, 9.17) is 5.73 Å². The molecule has 1 saturated heterocycles. The van der Waals surface area contributed by atoms with Gasteiger partial charge in [-0.1, -0.05) is 36.8 Å². The second kappa shape index (κ2) is 7.56. The molecule has 1 aliphatic rings. The second-order valence-electron chi connectivity index (χ2n) is 4.88. The minimum atomic E-state index is -0.0334. The zero-order valence-corrected chi connectivity index (χ0v) is 11.7. The SMILES string of the molecule is NCC#Cc1ccccc1NC(=O)N1CCCCCC1. The van der Waals surface area contributed by atoms with Gasteiger partial charge >= 0.3 is 6.03 Å². The third kappa shape index (κ3) is 4.01. The first-order valence-electron chi connectivity index (χ1n) is 7.15. The van der Waals surface area contributed by atoms with Crippen molar-refractivity contribution in [3.05, 3.63) is 29.8 Å². The molecule has 0 unspecified atom stereocenters. The minimum Gasteiger partial charge on any atom is -0.325 e. The van der Waals surface area contributed by atoms with Crippen LogP contribution in [0.1, 0.15) is 31.2 Å². The second-order valence-corrected chi connectivity index (χ2v) is 4.88. The highest BCUT2D eigenvalue weighted by Gasteiger charge is 2.16. The Labute approximate surface area is 120 Å². The quantitative estimate of drug-likeness (QED) is 0.771. The van der Waals surface area contributed by atoms with Crippen LogP contribution in [0, 0.1) is 11.8 Å². The van der Waals surface area contributed by atoms with Crippen LogP contribution < -0.4 is 11.1 Å². The molecule has 0 atom stereocenters. The molecule has 0 saturated carbocycles. The maximum atomic E-state index is 12.3. The van der Waals surface area contributed by atoms with E-state index in [9.17, 15) is 4.79 Å². The van der Waals surface area contributed by atoms with Crippen molar-refractivity contribution in [3.63, 3.8) is 0 Å². The Kier molecular flexibility index (Phi) is 5.45. The van der Waals surface area contributed by atoms with Crippen molar-refractivity contribution in [3.8, 4) is 11.8 Å². The number of carbonyl (C=O) groups is 1. The summed E-state index contributed by atoms with van der Waals surface area (Å²) < 4.78 is 0. The van der Waals surface area contributed by atoms with E-state index < -0.39 is 0 Å². The summed E-state index contributed by atoms with van der Waals surface area (Å²) in [6, 6.07) is 7.53. The fourth-order valence-corrected chi connectivity index (χ4v) is 2.32. The Bertz CT molecular complexity index is 508. The number of nitrogens with two attached hydrogens (primary N) is 1. The Hall–Kier alpha value is -1.99. The van der Waals surface area contributed by atoms with E-state index in [1.807, 2.05) is 29.2 Å². The van der Waals surface area contributed by atoms with Crippen molar-refractivity contribution in [1.29, 1.82) is 0 Å². The first kappa shape index (κ1) is 14.4. The van der Waals surface area contributed by atoms with Gasteiger partial charge in [0.2, 0.25) is 0 Å². The lowest BCUT2D eigenvalue weighted by molar-refractivity contribution is 0.214. The maximum absolute atomic E-state index is 12.3. The number of hydrogen-bond donors (Lipinski definition) is 2. The van der Waals surface area contributed by atoms with E-state index in [-0.39, 0.29) is 6.03 Å². The molecule has 1 aromatic carbocycles. The highest BCUT2D eigenvalue weighted by Crippen LogP contribution is 2.16. The van der Waals surface area contributed by atoms with Crippen molar-refractivity contribution in [2.24, 2.45) is 5.73 Å². The number of amides is 2. The molecular weight excluding hydrogens is 250 g/mol. The summed E-state index contributed by atoms with van der Waals surface area (Å²) in [4.78, 5) is 14.2. The number of para-hydroxylation sites is 1. The summed E-state index contributed by atoms with van der Waals surface area (Å²) in [6.07, 6.45) is 4.59. The molecule has 0 aliphatic carbocycles. The van der Waals surface area contributed by atoms with Gasteiger partial charge in [-0.3, -0.25) is 0 Å². The molecule has 4 nitrogen and oxygen atoms in total. The van der Waals surface area contributed by atoms with Gasteiger partial charge in [0.15, 0.2) is 0 Å². The number of carbonyl (C=O) groups excluding carboxylic acids is 1. The minimum absolute atomic E-state index is 0.0334. The van der Waals surface area contributed by atoms with Crippen LogP contribution in [0.4, 0.5) is 10.5 Å². The van der Waals surface area contributed by atoms with E-state index in [0.717, 1.165) is 37.2 Å². The van der Waals surface area contributed by atoms with E-state index in [2.05, 4.69) is 17.2 Å². The van der Waals surface area contributed by atoms with E-state index in [0.29, 0.717) is 6.54 Å². The average Bonchev–Trinajstić information content (AvgIpc) is 2.75. The molecule has 0 radical (unpaired) electrons. The third-order valence-corrected chi connectivity index (χ3v) is 3.39. The topological polar surface area (TPSA) is 58.4 Å². The molecule has 0 bridgehead atoms. The Balaban J connectivity index is 2.06. The summed E-state index contributed by atoms with van der Waals surface area (Å²) in [6.45, 7) is 1.99. The molecule has 2 rings (SSSR count). The fraction of sp³-hybridized carbons (Fsp3) is 0.438. The monoisotopic (exact) mass is 271 g/mol. The standard InChI is InChI=1S/C16H21N3O/c17-11-7-9-14-8-3-4-10-15(14)18-16(20)19-12-5-1-2-6-13-19/h3-4,8,10H,1-2,5-6,11-13,17H2,(H,18,20). The van der Waals surface area contributed by atoms with Crippen molar-refractivity contribution in [2.75, 3.05) is 25.0 Å². The smallest absolute Gasteiger partial charge is 0.321 e. The highest BCUT2D eigenvalue weighted by molar-refractivity contribution is 5.90. The van der Waals surface area contributed by atoms with Gasteiger partial charge in [0.1, 0.15) is 0 Å². The molecule has 20 heavy (non-hydrogen) atoms. The van der Waals surface area contributed by atoms with Crippen LogP contribution in [-0.2, 0) is 0 Å². The first-order chi connectivity index (χ1) is 9.81. The van der Waals surface area contributed by atoms with E-state index in [1.165, 1.54) is 12.8 Å². The number of benzene rings is 1. The Morgan fingerprint density at radius 1 is 1.20 bits per heavy atom. The number of urea groups is 1. The number of hydrogen-bond acceptors (Lipinski definition) is 2. The number of rotatable bonds is 1. The summed E-state index contributed by atoms with van der Waals surface area (Å²) in [5, 5.41) is 2.96. The molecule has 0 spiro atoms. The van der Waals surface area contributed by atoms with Crippen molar-refractivity contribution < 1.29 is 4.79 Å². The van der Waals surface area contributed by atoms with E-state index in [1.54, 1.807) is 0 Å². The third-order valence-electron chi connectivity index (χ3n) is 3.39. The molecule has 4 heteroatoms. The molecule has 1 aromatic rings. The molecule has 106 valence electrons. The van der Waals surface area contributed by atoms with Gasteiger partial charge in [0.25, 0.3) is 0 Å². The van der Waals surface area contributed by atoms with E-state index >= 15 is 0 Å². The summed E-state index contributed by atoms with van der Waals surface area (Å²) in [5.41, 5.74) is 6.95. The van der Waals surface area contributed by atoms with Gasteiger partial charge in [-0.2, -0.15) is 0 Å². The van der Waals surface area contributed by atoms with Crippen LogP contribution in [-0.4, -0.2) is 30.6 Å². The van der Waals surface area contributed by atoms with Gasteiger partial charge in [0.05, 0.1) is 12.2 Å². The number of nitrogens with one attached hydrogen (secondary N) is 1. The van der Waals surface area contributed by atoms with Gasteiger partial charge in [-0.25, -0.2) is 4.79 Å². The summed E-state index contributed by atoms with van der Waals surface area (Å²) >= 11 is 0. The van der Waals surface area contributed by atoms with Crippen LogP contribution in [0.5, 0.6) is 0 Å². The Morgan fingerprint density at radius 3 is 2.60 bits per heavy atom. The molecule has 1 aliphatic heterocycles. The van der Waals surface area contributed by atoms with Gasteiger partial charge in [0, 0.05) is 18.7 Å². The van der Waals surface area contributed by atoms with Crippen LogP contribution in [0.2, 0.25) is 0 Å². The van der Waals surface area contributed by atoms with Gasteiger partial charge in [-0.15, -0.1) is 0 Å². The normalized spacial score (nSPS) is 14.9. The predicted octanol–water partition coefficient (Wildman–Crippen LogP) is 2.40. The zero-order chi connectivity index (χ0) is 14.2. The van der Waals surface area contributed by atoms with Crippen LogP contribution in [0.3, 0.4) is 0 Å². The molecule has 0 aromatic heterocycles. The van der Waals surface area contributed by atoms with Crippen molar-refractivity contribution in [1.82, 2.24) is 4.90 Å². The number of likely N-dealkylation sites (tertiary alicyclic amines) is 1. The number of anilines is 1. The molecule has 1 heterocycles. The average molecular weight is 271 g/mol. The van der Waals surface area contributed by atoms with Crippen LogP contribution >= 0.6 is 0 Å². The lowest BCUT2D eigenvalue weighted by Crippen LogP contribution is -2.35. The molecule has 1 fully saturated rings. The van der Waals surface area contributed by atoms with Crippen molar-refractivity contribution >= 4 is 11.7 Å². The Morgan fingerprint density at radius 2 is 1.90 bits per heavy atom. The fourth-order valence-electron chi connectivity index (χ4n) is 2.32. The largest absolute Gasteiger partial charge is 0.325 e. The molecular formula is C16H21N3O. The van der Waals surface area contributed by atoms with Gasteiger partial charge in [-0.05, 0) is 25.0 Å². The predicted molar refractivity (Wildman–Crippen MR) is 81.4 cm³/mol. The van der Waals surface area contributed by atoms with Crippen LogP contribution in [0.15, 0.2) is 24.3 Å². The molecule has 3 N–H and O–H groups in total. The lowest BCUT2D eigenvalue weighted by atomic mass is 10.2. The maximum Gasteiger partial charge on any atom is 0.321 e.